The Morgan fingerprint density at radius 3 is 3.00 bits per heavy atom. The third kappa shape index (κ3) is 4.15. The van der Waals surface area contributed by atoms with E-state index in [4.69, 9.17) is 0 Å². The van der Waals surface area contributed by atoms with Gasteiger partial charge >= 0.3 is 0 Å². The summed E-state index contributed by atoms with van der Waals surface area (Å²) in [6, 6.07) is 3.58. The molecule has 1 fully saturated rings. The molecule has 6 heteroatoms. The molecule has 0 radical (unpaired) electrons. The summed E-state index contributed by atoms with van der Waals surface area (Å²) in [6.45, 7) is 1.92. The zero-order valence-corrected chi connectivity index (χ0v) is 13.5. The van der Waals surface area contributed by atoms with Gasteiger partial charge in [-0.25, -0.2) is 4.98 Å². The Morgan fingerprint density at radius 1 is 1.43 bits per heavy atom. The summed E-state index contributed by atoms with van der Waals surface area (Å²) < 4.78 is 0. The van der Waals surface area contributed by atoms with E-state index in [1.165, 1.54) is 25.7 Å². The van der Waals surface area contributed by atoms with E-state index < -0.39 is 0 Å². The van der Waals surface area contributed by atoms with Crippen molar-refractivity contribution in [3.8, 4) is 11.4 Å². The first-order valence-electron chi connectivity index (χ1n) is 8.34. The highest BCUT2D eigenvalue weighted by Crippen LogP contribution is 2.28. The van der Waals surface area contributed by atoms with Crippen molar-refractivity contribution in [2.45, 2.75) is 51.5 Å². The van der Waals surface area contributed by atoms with Crippen molar-refractivity contribution >= 4 is 5.91 Å². The fourth-order valence-electron chi connectivity index (χ4n) is 3.11. The normalized spacial score (nSPS) is 16.4. The first kappa shape index (κ1) is 15.6. The van der Waals surface area contributed by atoms with E-state index in [0.29, 0.717) is 18.1 Å². The van der Waals surface area contributed by atoms with E-state index in [9.17, 15) is 4.79 Å². The Balaban J connectivity index is 1.52. The van der Waals surface area contributed by atoms with Gasteiger partial charge in [0, 0.05) is 24.4 Å². The molecule has 0 aliphatic heterocycles. The van der Waals surface area contributed by atoms with Gasteiger partial charge in [0.1, 0.15) is 5.82 Å². The molecule has 2 aromatic rings. The van der Waals surface area contributed by atoms with Crippen molar-refractivity contribution in [3.63, 3.8) is 0 Å². The summed E-state index contributed by atoms with van der Waals surface area (Å²) in [7, 11) is 0. The first-order chi connectivity index (χ1) is 11.2. The van der Waals surface area contributed by atoms with Crippen LogP contribution in [0.4, 0.5) is 0 Å². The molecule has 2 N–H and O–H groups in total. The van der Waals surface area contributed by atoms with Crippen LogP contribution in [0.5, 0.6) is 0 Å². The van der Waals surface area contributed by atoms with Gasteiger partial charge in [0.15, 0.2) is 5.82 Å². The third-order valence-electron chi connectivity index (χ3n) is 4.46. The molecule has 23 heavy (non-hydrogen) atoms. The SMILES string of the molecule is C[C@@H](NC(=O)CCC1CCCC1)c1nc(-c2cccnc2)n[nH]1. The molecule has 1 amide bonds. The molecule has 6 nitrogen and oxygen atoms in total. The number of nitrogens with zero attached hydrogens (tertiary/aromatic N) is 3. The average Bonchev–Trinajstić information content (AvgIpc) is 3.25. The van der Waals surface area contributed by atoms with E-state index in [2.05, 4.69) is 25.5 Å². The second-order valence-electron chi connectivity index (χ2n) is 6.26. The van der Waals surface area contributed by atoms with Crippen LogP contribution in [-0.4, -0.2) is 26.1 Å². The minimum atomic E-state index is -0.177. The molecule has 0 saturated heterocycles. The predicted octanol–water partition coefficient (Wildman–Crippen LogP) is 3.01. The van der Waals surface area contributed by atoms with Gasteiger partial charge in [-0.2, -0.15) is 5.10 Å². The van der Waals surface area contributed by atoms with Crippen molar-refractivity contribution in [2.24, 2.45) is 5.92 Å². The number of hydrogen-bond acceptors (Lipinski definition) is 4. The molecular formula is C17H23N5O. The maximum atomic E-state index is 12.1. The van der Waals surface area contributed by atoms with Crippen LogP contribution in [0, 0.1) is 5.92 Å². The summed E-state index contributed by atoms with van der Waals surface area (Å²) in [5.74, 6) is 2.08. The lowest BCUT2D eigenvalue weighted by Crippen LogP contribution is -2.27. The van der Waals surface area contributed by atoms with Crippen LogP contribution in [0.15, 0.2) is 24.5 Å². The van der Waals surface area contributed by atoms with Crippen molar-refractivity contribution in [1.29, 1.82) is 0 Å². The molecule has 2 aromatic heterocycles. The molecule has 1 aliphatic carbocycles. The zero-order valence-electron chi connectivity index (χ0n) is 13.5. The number of amides is 1. The van der Waals surface area contributed by atoms with Gasteiger partial charge in [-0.3, -0.25) is 14.9 Å². The van der Waals surface area contributed by atoms with Crippen LogP contribution in [0.3, 0.4) is 0 Å². The predicted molar refractivity (Wildman–Crippen MR) is 87.4 cm³/mol. The smallest absolute Gasteiger partial charge is 0.220 e. The maximum Gasteiger partial charge on any atom is 0.220 e. The van der Waals surface area contributed by atoms with E-state index in [1.807, 2.05) is 19.1 Å². The second-order valence-corrected chi connectivity index (χ2v) is 6.26. The Labute approximate surface area is 136 Å². The molecule has 2 heterocycles. The van der Waals surface area contributed by atoms with Gasteiger partial charge in [-0.15, -0.1) is 0 Å². The van der Waals surface area contributed by atoms with Crippen molar-refractivity contribution in [3.05, 3.63) is 30.4 Å². The van der Waals surface area contributed by atoms with Gasteiger partial charge in [-0.1, -0.05) is 25.7 Å². The number of hydrogen-bond donors (Lipinski definition) is 2. The van der Waals surface area contributed by atoms with Crippen LogP contribution >= 0.6 is 0 Å². The molecule has 0 unspecified atom stereocenters. The van der Waals surface area contributed by atoms with Gasteiger partial charge in [0.25, 0.3) is 0 Å². The van der Waals surface area contributed by atoms with E-state index in [0.717, 1.165) is 17.9 Å². The number of H-pyrrole nitrogens is 1. The van der Waals surface area contributed by atoms with Crippen LogP contribution in [-0.2, 0) is 4.79 Å². The lowest BCUT2D eigenvalue weighted by atomic mass is 10.0. The Kier molecular flexibility index (Phi) is 5.00. The van der Waals surface area contributed by atoms with Gasteiger partial charge in [0.2, 0.25) is 5.91 Å². The molecule has 0 aromatic carbocycles. The molecule has 1 saturated carbocycles. The zero-order chi connectivity index (χ0) is 16.1. The highest BCUT2D eigenvalue weighted by atomic mass is 16.1. The van der Waals surface area contributed by atoms with Crippen molar-refractivity contribution in [1.82, 2.24) is 25.5 Å². The molecular weight excluding hydrogens is 290 g/mol. The number of carbonyl (C=O) groups excluding carboxylic acids is 1. The van der Waals surface area contributed by atoms with Crippen molar-refractivity contribution in [2.75, 3.05) is 0 Å². The summed E-state index contributed by atoms with van der Waals surface area (Å²) in [4.78, 5) is 20.6. The van der Waals surface area contributed by atoms with E-state index in [-0.39, 0.29) is 11.9 Å². The third-order valence-corrected chi connectivity index (χ3v) is 4.46. The summed E-state index contributed by atoms with van der Waals surface area (Å²) >= 11 is 0. The van der Waals surface area contributed by atoms with Crippen LogP contribution in [0.1, 0.15) is 57.3 Å². The maximum absolute atomic E-state index is 12.1. The van der Waals surface area contributed by atoms with Crippen LogP contribution in [0.25, 0.3) is 11.4 Å². The Hall–Kier alpha value is -2.24. The number of aromatic amines is 1. The summed E-state index contributed by atoms with van der Waals surface area (Å²) in [5, 5.41) is 10.1. The number of aromatic nitrogens is 4. The Morgan fingerprint density at radius 2 is 2.26 bits per heavy atom. The molecule has 0 bridgehead atoms. The number of rotatable bonds is 6. The minimum absolute atomic E-state index is 0.0868. The highest BCUT2D eigenvalue weighted by Gasteiger charge is 2.18. The van der Waals surface area contributed by atoms with Crippen LogP contribution < -0.4 is 5.32 Å². The largest absolute Gasteiger partial charge is 0.346 e. The second kappa shape index (κ2) is 7.35. The molecule has 1 aliphatic rings. The quantitative estimate of drug-likeness (QED) is 0.858. The summed E-state index contributed by atoms with van der Waals surface area (Å²) in [6.07, 6.45) is 10.2. The minimum Gasteiger partial charge on any atom is -0.346 e. The lowest BCUT2D eigenvalue weighted by molar-refractivity contribution is -0.122. The first-order valence-corrected chi connectivity index (χ1v) is 8.34. The van der Waals surface area contributed by atoms with E-state index in [1.54, 1.807) is 12.4 Å². The van der Waals surface area contributed by atoms with Gasteiger partial charge in [-0.05, 0) is 31.4 Å². The highest BCUT2D eigenvalue weighted by molar-refractivity contribution is 5.76. The van der Waals surface area contributed by atoms with Gasteiger partial charge in [0.05, 0.1) is 6.04 Å². The van der Waals surface area contributed by atoms with Gasteiger partial charge < -0.3 is 5.32 Å². The summed E-state index contributed by atoms with van der Waals surface area (Å²) in [5.41, 5.74) is 0.856. The monoisotopic (exact) mass is 313 g/mol. The van der Waals surface area contributed by atoms with Crippen LogP contribution in [0.2, 0.25) is 0 Å². The lowest BCUT2D eigenvalue weighted by Gasteiger charge is -2.12. The fourth-order valence-corrected chi connectivity index (χ4v) is 3.11. The molecule has 3 rings (SSSR count). The Bertz CT molecular complexity index is 633. The standard InChI is InChI=1S/C17H23N5O/c1-12(19-15(23)9-8-13-5-2-3-6-13)16-20-17(22-21-16)14-7-4-10-18-11-14/h4,7,10-13H,2-3,5-6,8-9H2,1H3,(H,19,23)(H,20,21,22)/t12-/m1/s1. The fraction of sp³-hybridized carbons (Fsp3) is 0.529. The number of nitrogens with one attached hydrogen (secondary N) is 2. The molecule has 0 spiro atoms. The number of carbonyl (C=O) groups is 1. The van der Waals surface area contributed by atoms with Crippen molar-refractivity contribution < 1.29 is 4.79 Å². The van der Waals surface area contributed by atoms with E-state index >= 15 is 0 Å². The number of pyridine rings is 1. The topological polar surface area (TPSA) is 83.6 Å². The molecule has 1 atom stereocenters. The molecule has 122 valence electrons. The average molecular weight is 313 g/mol.